The van der Waals surface area contributed by atoms with E-state index in [9.17, 15) is 0 Å². The third kappa shape index (κ3) is 2.13. The summed E-state index contributed by atoms with van der Waals surface area (Å²) in [5.74, 6) is 0. The van der Waals surface area contributed by atoms with Crippen molar-refractivity contribution < 1.29 is 0 Å². The molecule has 0 atom stereocenters. The van der Waals surface area contributed by atoms with Crippen molar-refractivity contribution in [2.45, 2.75) is 50.5 Å². The fraction of sp³-hybridized carbons (Fsp3) is 1.00. The van der Waals surface area contributed by atoms with Gasteiger partial charge in [-0.15, -0.1) is 22.2 Å². The fourth-order valence-electron chi connectivity index (χ4n) is 1.98. The number of hydrogen-bond donors (Lipinski definition) is 0. The molecule has 0 nitrogen and oxygen atoms in total. The van der Waals surface area contributed by atoms with E-state index in [4.69, 9.17) is 22.2 Å². The van der Waals surface area contributed by atoms with Crippen LogP contribution < -0.4 is 0 Å². The monoisotopic (exact) mass is 210 g/mol. The smallest absolute Gasteiger partial charge is 0.150 e. The molecule has 0 heterocycles. The van der Waals surface area contributed by atoms with Gasteiger partial charge in [0.1, 0.15) is 0 Å². The maximum atomic E-state index is 6.12. The van der Waals surface area contributed by atoms with Crippen LogP contribution in [0.15, 0.2) is 0 Å². The van der Waals surface area contributed by atoms with Crippen LogP contribution in [0.4, 0.5) is 0 Å². The summed E-state index contributed by atoms with van der Waals surface area (Å²) in [5.41, 5.74) is 0. The van der Waals surface area contributed by atoms with E-state index in [-0.39, 0.29) is 0 Å². The van der Waals surface area contributed by atoms with Crippen LogP contribution in [0.5, 0.6) is 0 Å². The van der Waals surface area contributed by atoms with Gasteiger partial charge in [0.05, 0.1) is 0 Å². The highest BCUT2D eigenvalue weighted by atomic mass is 35.7. The van der Waals surface area contributed by atoms with Gasteiger partial charge in [-0.3, -0.25) is 0 Å². The first-order valence-corrected chi connectivity index (χ1v) is 8.56. The molecule has 0 aromatic rings. The molecule has 66 valence electrons. The van der Waals surface area contributed by atoms with Crippen LogP contribution in [0.25, 0.3) is 0 Å². The molecule has 0 spiro atoms. The Morgan fingerprint density at radius 1 is 1.18 bits per heavy atom. The molecule has 1 aliphatic rings. The molecule has 0 aromatic carbocycles. The Bertz CT molecular complexity index is 119. The van der Waals surface area contributed by atoms with Gasteiger partial charge in [-0.2, -0.15) is 0 Å². The lowest BCUT2D eigenvalue weighted by atomic mass is 9.86. The second kappa shape index (κ2) is 4.15. The molecule has 3 heteroatoms. The van der Waals surface area contributed by atoms with Crippen molar-refractivity contribution >= 4 is 29.6 Å². The lowest BCUT2D eigenvalue weighted by Crippen LogP contribution is -2.26. The van der Waals surface area contributed by atoms with Crippen molar-refractivity contribution in [3.05, 3.63) is 0 Å². The minimum Gasteiger partial charge on any atom is -0.150 e. The zero-order valence-electron chi connectivity index (χ0n) is 7.08. The van der Waals surface area contributed by atoms with Crippen molar-refractivity contribution in [2.75, 3.05) is 0 Å². The highest BCUT2D eigenvalue weighted by Gasteiger charge is 2.37. The number of hydrogen-bond acceptors (Lipinski definition) is 0. The number of halogens is 2. The average Bonchev–Trinajstić information content (AvgIpc) is 2.05. The van der Waals surface area contributed by atoms with Crippen molar-refractivity contribution in [2.24, 2.45) is 0 Å². The second-order valence-corrected chi connectivity index (χ2v) is 8.69. The van der Waals surface area contributed by atoms with Crippen LogP contribution in [0.2, 0.25) is 5.04 Å². The minimum absolute atomic E-state index is 0.390. The standard InChI is InChI=1S/C8H16Cl2Si/c1-2-8(11(9)10)6-4-3-5-7-8/h11H,2-7H2,1H3. The molecule has 0 unspecified atom stereocenters. The third-order valence-corrected chi connectivity index (χ3v) is 7.71. The van der Waals surface area contributed by atoms with Gasteiger partial charge in [0, 0.05) is 0 Å². The maximum absolute atomic E-state index is 6.12. The van der Waals surface area contributed by atoms with E-state index in [1.54, 1.807) is 0 Å². The first-order valence-electron chi connectivity index (χ1n) is 4.49. The molecule has 11 heavy (non-hydrogen) atoms. The molecule has 1 saturated carbocycles. The fourth-order valence-corrected chi connectivity index (χ4v) is 5.37. The van der Waals surface area contributed by atoms with Crippen LogP contribution in [-0.4, -0.2) is 7.42 Å². The number of rotatable bonds is 2. The molecule has 0 radical (unpaired) electrons. The largest absolute Gasteiger partial charge is 0.243 e. The van der Waals surface area contributed by atoms with Crippen LogP contribution in [0.3, 0.4) is 0 Å². The van der Waals surface area contributed by atoms with Crippen LogP contribution in [-0.2, 0) is 0 Å². The van der Waals surface area contributed by atoms with Crippen LogP contribution >= 0.6 is 22.2 Å². The van der Waals surface area contributed by atoms with Crippen molar-refractivity contribution in [3.63, 3.8) is 0 Å². The summed E-state index contributed by atoms with van der Waals surface area (Å²) < 4.78 is 0. The predicted molar refractivity (Wildman–Crippen MR) is 54.9 cm³/mol. The average molecular weight is 211 g/mol. The Labute approximate surface area is 80.3 Å². The normalized spacial score (nSPS) is 24.0. The van der Waals surface area contributed by atoms with Gasteiger partial charge < -0.3 is 0 Å². The lowest BCUT2D eigenvalue weighted by molar-refractivity contribution is 0.366. The quantitative estimate of drug-likeness (QED) is 0.481. The summed E-state index contributed by atoms with van der Waals surface area (Å²) in [6, 6.07) is 0. The SMILES string of the molecule is CCC1([SiH](Cl)Cl)CCCCC1. The summed E-state index contributed by atoms with van der Waals surface area (Å²) in [7, 11) is -1.44. The molecule has 1 rings (SSSR count). The van der Waals surface area contributed by atoms with E-state index in [0.29, 0.717) is 5.04 Å². The Hall–Kier alpha value is 0.797. The lowest BCUT2D eigenvalue weighted by Gasteiger charge is -2.36. The van der Waals surface area contributed by atoms with Crippen molar-refractivity contribution in [1.82, 2.24) is 0 Å². The Balaban J connectivity index is 2.57. The Morgan fingerprint density at radius 2 is 1.73 bits per heavy atom. The van der Waals surface area contributed by atoms with E-state index in [1.165, 1.54) is 38.5 Å². The molecule has 1 aliphatic carbocycles. The Kier molecular flexibility index (Phi) is 3.73. The highest BCUT2D eigenvalue weighted by Crippen LogP contribution is 2.50. The van der Waals surface area contributed by atoms with E-state index in [2.05, 4.69) is 6.92 Å². The van der Waals surface area contributed by atoms with E-state index in [1.807, 2.05) is 0 Å². The van der Waals surface area contributed by atoms with E-state index in [0.717, 1.165) is 0 Å². The molecule has 0 aliphatic heterocycles. The van der Waals surface area contributed by atoms with E-state index < -0.39 is 7.42 Å². The van der Waals surface area contributed by atoms with Gasteiger partial charge in [-0.05, 0) is 17.9 Å². The molecule has 0 aromatic heterocycles. The topological polar surface area (TPSA) is 0 Å². The van der Waals surface area contributed by atoms with Crippen LogP contribution in [0, 0.1) is 0 Å². The van der Waals surface area contributed by atoms with Crippen LogP contribution in [0.1, 0.15) is 45.4 Å². The van der Waals surface area contributed by atoms with Gasteiger partial charge >= 0.3 is 0 Å². The second-order valence-electron chi connectivity index (χ2n) is 3.58. The molecular weight excluding hydrogens is 195 g/mol. The molecule has 1 fully saturated rings. The maximum Gasteiger partial charge on any atom is 0.243 e. The summed E-state index contributed by atoms with van der Waals surface area (Å²) in [5, 5.41) is 0.390. The van der Waals surface area contributed by atoms with Gasteiger partial charge in [-0.1, -0.05) is 32.6 Å². The highest BCUT2D eigenvalue weighted by molar-refractivity contribution is 7.35. The first-order chi connectivity index (χ1) is 5.21. The molecule has 0 N–H and O–H groups in total. The minimum atomic E-state index is -1.44. The van der Waals surface area contributed by atoms with Gasteiger partial charge in [0.25, 0.3) is 0 Å². The summed E-state index contributed by atoms with van der Waals surface area (Å²) in [6.45, 7) is 2.23. The first kappa shape index (κ1) is 9.88. The van der Waals surface area contributed by atoms with Gasteiger partial charge in [-0.25, -0.2) is 0 Å². The summed E-state index contributed by atoms with van der Waals surface area (Å²) in [4.78, 5) is 0. The van der Waals surface area contributed by atoms with Gasteiger partial charge in [0.2, 0.25) is 7.42 Å². The molecule has 0 saturated heterocycles. The van der Waals surface area contributed by atoms with Crippen molar-refractivity contribution in [3.8, 4) is 0 Å². The predicted octanol–water partition coefficient (Wildman–Crippen LogP) is 3.80. The third-order valence-electron chi connectivity index (χ3n) is 3.02. The summed E-state index contributed by atoms with van der Waals surface area (Å²) in [6.07, 6.45) is 7.84. The van der Waals surface area contributed by atoms with Gasteiger partial charge in [0.15, 0.2) is 0 Å². The van der Waals surface area contributed by atoms with E-state index >= 15 is 0 Å². The molecule has 0 bridgehead atoms. The molecular formula is C8H16Cl2Si. The zero-order valence-corrected chi connectivity index (χ0v) is 9.74. The summed E-state index contributed by atoms with van der Waals surface area (Å²) >= 11 is 12.2. The molecule has 0 amide bonds. The Morgan fingerprint density at radius 3 is 2.00 bits per heavy atom. The zero-order chi connectivity index (χ0) is 8.32. The van der Waals surface area contributed by atoms with Crippen molar-refractivity contribution in [1.29, 1.82) is 0 Å².